The van der Waals surface area contributed by atoms with E-state index in [1.807, 2.05) is 24.3 Å². The number of benzene rings is 2. The fourth-order valence-corrected chi connectivity index (χ4v) is 2.59. The fraction of sp³-hybridized carbons (Fsp3) is 0.211. The van der Waals surface area contributed by atoms with Gasteiger partial charge in [0.15, 0.2) is 5.78 Å². The molecule has 118 valence electrons. The second-order valence-corrected chi connectivity index (χ2v) is 5.19. The van der Waals surface area contributed by atoms with Crippen LogP contribution in [-0.2, 0) is 4.74 Å². The number of carbonyl (C=O) groups is 1. The maximum Gasteiger partial charge on any atom is 0.192 e. The number of hydrogen-bond donors (Lipinski definition) is 0. The molecule has 1 aliphatic rings. The third kappa shape index (κ3) is 3.06. The van der Waals surface area contributed by atoms with Crippen LogP contribution in [0.5, 0.6) is 11.5 Å². The molecule has 0 N–H and O–H groups in total. The normalized spacial score (nSPS) is 13.7. The van der Waals surface area contributed by atoms with Gasteiger partial charge in [-0.1, -0.05) is 0 Å². The molecule has 4 nitrogen and oxygen atoms in total. The molecule has 0 unspecified atom stereocenters. The predicted molar refractivity (Wildman–Crippen MR) is 87.8 cm³/mol. The molecule has 0 aliphatic carbocycles. The van der Waals surface area contributed by atoms with Gasteiger partial charge in [0.1, 0.15) is 17.3 Å². The van der Waals surface area contributed by atoms with Gasteiger partial charge >= 0.3 is 0 Å². The van der Waals surface area contributed by atoms with Gasteiger partial charge in [-0.2, -0.15) is 0 Å². The molecule has 0 fully saturated rings. The molecule has 1 heterocycles. The lowest BCUT2D eigenvalue weighted by atomic mass is 9.98. The highest BCUT2D eigenvalue weighted by atomic mass is 16.5. The maximum atomic E-state index is 12.8. The molecule has 4 heteroatoms. The van der Waals surface area contributed by atoms with Crippen LogP contribution < -0.4 is 9.47 Å². The first-order valence-electron chi connectivity index (χ1n) is 7.42. The largest absolute Gasteiger partial charge is 0.497 e. The van der Waals surface area contributed by atoms with Crippen LogP contribution in [0, 0.1) is 0 Å². The van der Waals surface area contributed by atoms with Gasteiger partial charge in [0.05, 0.1) is 20.8 Å². The van der Waals surface area contributed by atoms with Crippen molar-refractivity contribution in [1.82, 2.24) is 0 Å². The standard InChI is InChI=1S/C19H18O4/c1-21-15-7-3-13(4-8-15)18(20)17-11-12-23-19(17)14-5-9-16(22-2)10-6-14/h3-10H,11-12H2,1-2H3. The van der Waals surface area contributed by atoms with Crippen LogP contribution in [0.15, 0.2) is 54.1 Å². The Morgan fingerprint density at radius 1 is 0.913 bits per heavy atom. The number of Topliss-reactive ketones (excluding diaryl/α,β-unsaturated/α-hetero) is 1. The number of carbonyl (C=O) groups excluding carboxylic acids is 1. The van der Waals surface area contributed by atoms with E-state index in [0.717, 1.165) is 17.1 Å². The van der Waals surface area contributed by atoms with Crippen LogP contribution in [0.3, 0.4) is 0 Å². The minimum absolute atomic E-state index is 0.00373. The summed E-state index contributed by atoms with van der Waals surface area (Å²) in [5.74, 6) is 2.16. The van der Waals surface area contributed by atoms with Crippen molar-refractivity contribution in [3.63, 3.8) is 0 Å². The highest BCUT2D eigenvalue weighted by molar-refractivity contribution is 6.13. The molecule has 0 saturated carbocycles. The summed E-state index contributed by atoms with van der Waals surface area (Å²) in [4.78, 5) is 12.8. The molecule has 0 aromatic heterocycles. The topological polar surface area (TPSA) is 44.8 Å². The molecular formula is C19H18O4. The highest BCUT2D eigenvalue weighted by Crippen LogP contribution is 2.31. The lowest BCUT2D eigenvalue weighted by Crippen LogP contribution is -2.03. The third-order valence-corrected chi connectivity index (χ3v) is 3.85. The van der Waals surface area contributed by atoms with Crippen molar-refractivity contribution in [3.05, 3.63) is 65.2 Å². The summed E-state index contributed by atoms with van der Waals surface area (Å²) < 4.78 is 16.0. The average Bonchev–Trinajstić information content (AvgIpc) is 3.11. The molecule has 1 aliphatic heterocycles. The molecule has 0 amide bonds. The van der Waals surface area contributed by atoms with Crippen LogP contribution in [-0.4, -0.2) is 26.6 Å². The third-order valence-electron chi connectivity index (χ3n) is 3.85. The zero-order valence-electron chi connectivity index (χ0n) is 13.2. The van der Waals surface area contributed by atoms with E-state index in [1.54, 1.807) is 38.5 Å². The van der Waals surface area contributed by atoms with Crippen LogP contribution in [0.2, 0.25) is 0 Å². The monoisotopic (exact) mass is 310 g/mol. The zero-order valence-corrected chi connectivity index (χ0v) is 13.2. The summed E-state index contributed by atoms with van der Waals surface area (Å²) in [6, 6.07) is 14.7. The quantitative estimate of drug-likeness (QED) is 0.790. The average molecular weight is 310 g/mol. The Hall–Kier alpha value is -2.75. The SMILES string of the molecule is COc1ccc(C(=O)C2=C(c3ccc(OC)cc3)OCC2)cc1. The predicted octanol–water partition coefficient (Wildman–Crippen LogP) is 3.72. The maximum absolute atomic E-state index is 12.8. The van der Waals surface area contributed by atoms with Crippen molar-refractivity contribution < 1.29 is 19.0 Å². The first-order chi connectivity index (χ1) is 11.2. The number of hydrogen-bond acceptors (Lipinski definition) is 4. The smallest absolute Gasteiger partial charge is 0.192 e. The van der Waals surface area contributed by atoms with E-state index in [4.69, 9.17) is 14.2 Å². The first kappa shape index (κ1) is 15.2. The van der Waals surface area contributed by atoms with E-state index in [1.165, 1.54) is 0 Å². The second-order valence-electron chi connectivity index (χ2n) is 5.19. The number of methoxy groups -OCH3 is 2. The Bertz CT molecular complexity index is 727. The minimum atomic E-state index is -0.00373. The van der Waals surface area contributed by atoms with E-state index in [9.17, 15) is 4.79 Å². The molecule has 0 atom stereocenters. The van der Waals surface area contributed by atoms with Gasteiger partial charge in [0.2, 0.25) is 0 Å². The van der Waals surface area contributed by atoms with E-state index >= 15 is 0 Å². The lowest BCUT2D eigenvalue weighted by molar-refractivity contribution is 0.103. The Morgan fingerprint density at radius 3 is 2.04 bits per heavy atom. The highest BCUT2D eigenvalue weighted by Gasteiger charge is 2.24. The zero-order chi connectivity index (χ0) is 16.2. The van der Waals surface area contributed by atoms with Gasteiger partial charge in [-0.25, -0.2) is 0 Å². The molecule has 0 bridgehead atoms. The molecule has 2 aromatic carbocycles. The summed E-state index contributed by atoms with van der Waals surface area (Å²) >= 11 is 0. The molecular weight excluding hydrogens is 292 g/mol. The van der Waals surface area contributed by atoms with Crippen LogP contribution in [0.25, 0.3) is 5.76 Å². The van der Waals surface area contributed by atoms with Gasteiger partial charge < -0.3 is 14.2 Å². The van der Waals surface area contributed by atoms with Crippen LogP contribution in [0.4, 0.5) is 0 Å². The van der Waals surface area contributed by atoms with Crippen molar-refractivity contribution in [2.24, 2.45) is 0 Å². The van der Waals surface area contributed by atoms with Crippen molar-refractivity contribution in [2.75, 3.05) is 20.8 Å². The van der Waals surface area contributed by atoms with Crippen molar-refractivity contribution in [1.29, 1.82) is 0 Å². The lowest BCUT2D eigenvalue weighted by Gasteiger charge is -2.08. The summed E-state index contributed by atoms with van der Waals surface area (Å²) in [7, 11) is 3.23. The number of ketones is 1. The Morgan fingerprint density at radius 2 is 1.48 bits per heavy atom. The van der Waals surface area contributed by atoms with Gasteiger partial charge in [-0.15, -0.1) is 0 Å². The Labute approximate surface area is 135 Å². The summed E-state index contributed by atoms with van der Waals surface area (Å²) in [6.45, 7) is 0.526. The molecule has 0 spiro atoms. The molecule has 23 heavy (non-hydrogen) atoms. The van der Waals surface area contributed by atoms with Crippen LogP contribution in [0.1, 0.15) is 22.3 Å². The van der Waals surface area contributed by atoms with E-state index < -0.39 is 0 Å². The first-order valence-corrected chi connectivity index (χ1v) is 7.42. The van der Waals surface area contributed by atoms with Gasteiger partial charge in [0, 0.05) is 23.1 Å². The summed E-state index contributed by atoms with van der Waals surface area (Å²) in [5.41, 5.74) is 2.23. The van der Waals surface area contributed by atoms with Gasteiger partial charge in [-0.3, -0.25) is 4.79 Å². The Balaban J connectivity index is 1.92. The number of rotatable bonds is 5. The number of ether oxygens (including phenoxy) is 3. The second kappa shape index (κ2) is 6.57. The van der Waals surface area contributed by atoms with Gasteiger partial charge in [0.25, 0.3) is 0 Å². The fourth-order valence-electron chi connectivity index (χ4n) is 2.59. The van der Waals surface area contributed by atoms with E-state index in [2.05, 4.69) is 0 Å². The van der Waals surface area contributed by atoms with Crippen molar-refractivity contribution in [2.45, 2.75) is 6.42 Å². The van der Waals surface area contributed by atoms with Crippen molar-refractivity contribution >= 4 is 11.5 Å². The van der Waals surface area contributed by atoms with Crippen LogP contribution >= 0.6 is 0 Å². The molecule has 2 aromatic rings. The minimum Gasteiger partial charge on any atom is -0.497 e. The van der Waals surface area contributed by atoms with E-state index in [-0.39, 0.29) is 5.78 Å². The van der Waals surface area contributed by atoms with E-state index in [0.29, 0.717) is 29.9 Å². The summed E-state index contributed by atoms with van der Waals surface area (Å²) in [6.07, 6.45) is 0.617. The molecule has 0 saturated heterocycles. The van der Waals surface area contributed by atoms with Gasteiger partial charge in [-0.05, 0) is 48.5 Å². The molecule has 3 rings (SSSR count). The summed E-state index contributed by atoms with van der Waals surface area (Å²) in [5, 5.41) is 0. The molecule has 0 radical (unpaired) electrons. The van der Waals surface area contributed by atoms with Crippen molar-refractivity contribution in [3.8, 4) is 11.5 Å². The Kier molecular flexibility index (Phi) is 4.33.